The van der Waals surface area contributed by atoms with Crippen molar-refractivity contribution in [2.75, 3.05) is 39.3 Å². The Labute approximate surface area is 383 Å². The summed E-state index contributed by atoms with van der Waals surface area (Å²) in [5.74, 6) is -6.45. The highest BCUT2D eigenvalue weighted by molar-refractivity contribution is 5.97. The van der Waals surface area contributed by atoms with E-state index >= 15 is 0 Å². The highest BCUT2D eigenvalue weighted by atomic mass is 16.4. The third-order valence-electron chi connectivity index (χ3n) is 11.3. The molecule has 7 atom stereocenters. The number of carbonyl (C=O) groups is 9. The van der Waals surface area contributed by atoms with Gasteiger partial charge in [-0.1, -0.05) is 44.2 Å². The second-order valence-corrected chi connectivity index (χ2v) is 16.9. The fraction of sp³-hybridized carbons (Fsp3) is 0.628. The van der Waals surface area contributed by atoms with Crippen LogP contribution in [0.1, 0.15) is 84.1 Å². The summed E-state index contributed by atoms with van der Waals surface area (Å²) in [4.78, 5) is 123. The number of nitrogens with two attached hydrogens (primary N) is 3. The number of guanidine groups is 1. The van der Waals surface area contributed by atoms with Gasteiger partial charge in [-0.3, -0.25) is 43.3 Å². The second-order valence-electron chi connectivity index (χ2n) is 16.9. The Morgan fingerprint density at radius 2 is 1.32 bits per heavy atom. The Kier molecular flexibility index (Phi) is 21.7. The number of amides is 7. The van der Waals surface area contributed by atoms with Crippen LogP contribution in [0.2, 0.25) is 0 Å². The average molecular weight is 930 g/mol. The van der Waals surface area contributed by atoms with Gasteiger partial charge in [0.05, 0.1) is 19.2 Å². The summed E-state index contributed by atoms with van der Waals surface area (Å²) in [6.45, 7) is 4.39. The topological polar surface area (TPSA) is 363 Å². The largest absolute Gasteiger partial charge is 0.481 e. The van der Waals surface area contributed by atoms with Crippen molar-refractivity contribution >= 4 is 59.2 Å². The summed E-state index contributed by atoms with van der Waals surface area (Å²) >= 11 is 0. The number of carboxylic acids is 2. The van der Waals surface area contributed by atoms with Crippen molar-refractivity contribution in [3.63, 3.8) is 0 Å². The van der Waals surface area contributed by atoms with Gasteiger partial charge in [-0.2, -0.15) is 0 Å². The lowest BCUT2D eigenvalue weighted by atomic mass is 10.0. The third kappa shape index (κ3) is 16.6. The van der Waals surface area contributed by atoms with Gasteiger partial charge in [-0.15, -0.1) is 0 Å². The van der Waals surface area contributed by atoms with E-state index in [0.29, 0.717) is 63.6 Å². The number of nitrogens with zero attached hydrogens (tertiary/aromatic N) is 4. The molecule has 1 aromatic rings. The van der Waals surface area contributed by atoms with Gasteiger partial charge in [0, 0.05) is 39.5 Å². The first kappa shape index (κ1) is 54.0. The predicted octanol–water partition coefficient (Wildman–Crippen LogP) is -2.63. The molecule has 3 saturated heterocycles. The molecule has 366 valence electrons. The monoisotopic (exact) mass is 929 g/mol. The van der Waals surface area contributed by atoms with Crippen LogP contribution >= 0.6 is 0 Å². The van der Waals surface area contributed by atoms with E-state index in [2.05, 4.69) is 26.3 Å². The van der Waals surface area contributed by atoms with E-state index in [4.69, 9.17) is 27.1 Å². The Morgan fingerprint density at radius 1 is 0.758 bits per heavy atom. The molecule has 13 N–H and O–H groups in total. The normalized spacial score (nSPS) is 19.6. The molecule has 3 aliphatic heterocycles. The summed E-state index contributed by atoms with van der Waals surface area (Å²) in [5, 5.41) is 37.5. The minimum absolute atomic E-state index is 0.0265. The number of nitrogens with one attached hydrogen (secondary N) is 4. The molecule has 0 aromatic heterocycles. The van der Waals surface area contributed by atoms with E-state index in [-0.39, 0.29) is 56.0 Å². The zero-order valence-corrected chi connectivity index (χ0v) is 37.9. The Bertz CT molecular complexity index is 1890. The van der Waals surface area contributed by atoms with Crippen molar-refractivity contribution in [3.8, 4) is 0 Å². The molecule has 3 fully saturated rings. The SMILES string of the molecule is CC(=O)O.CC(C)C[C@H](NC(=O)[C@@H]1CCCN1C(=O)[C@H](CO)NC(=O)[C@H](Cc1ccccc1)NC(=O)CNC(=O)[C@@H]1CCCN1C(=O)[C@@H]1CCCN1C(=O)[C@@H](N)CCCN=C(N)N)C(=O)O. The molecule has 0 radical (unpaired) electrons. The molecule has 7 amide bonds. The van der Waals surface area contributed by atoms with E-state index in [0.717, 1.165) is 6.92 Å². The van der Waals surface area contributed by atoms with Crippen LogP contribution in [0.3, 0.4) is 0 Å². The van der Waals surface area contributed by atoms with Crippen molar-refractivity contribution in [2.45, 2.75) is 127 Å². The number of aliphatic carboxylic acids is 2. The Balaban J connectivity index is 0.00000277. The molecule has 3 heterocycles. The molecule has 0 bridgehead atoms. The van der Waals surface area contributed by atoms with Gasteiger partial charge in [0.2, 0.25) is 41.4 Å². The van der Waals surface area contributed by atoms with Gasteiger partial charge in [0.15, 0.2) is 5.96 Å². The Morgan fingerprint density at radius 3 is 1.88 bits per heavy atom. The number of aliphatic imine (C=N–C) groups is 1. The lowest BCUT2D eigenvalue weighted by Crippen LogP contribution is -2.59. The number of rotatable bonds is 21. The summed E-state index contributed by atoms with van der Waals surface area (Å²) in [5.41, 5.74) is 17.5. The lowest BCUT2D eigenvalue weighted by Gasteiger charge is -2.32. The van der Waals surface area contributed by atoms with Gasteiger partial charge in [0.25, 0.3) is 5.97 Å². The van der Waals surface area contributed by atoms with Crippen LogP contribution in [0.5, 0.6) is 0 Å². The lowest BCUT2D eigenvalue weighted by molar-refractivity contribution is -0.147. The predicted molar refractivity (Wildman–Crippen MR) is 239 cm³/mol. The smallest absolute Gasteiger partial charge is 0.326 e. The molecule has 3 aliphatic rings. The minimum Gasteiger partial charge on any atom is -0.481 e. The summed E-state index contributed by atoms with van der Waals surface area (Å²) in [7, 11) is 0. The van der Waals surface area contributed by atoms with E-state index in [9.17, 15) is 48.6 Å². The fourth-order valence-corrected chi connectivity index (χ4v) is 8.15. The molecule has 1 aromatic carbocycles. The Hall–Kier alpha value is -6.36. The molecule has 0 aliphatic carbocycles. The van der Waals surface area contributed by atoms with E-state index in [1.165, 1.54) is 14.7 Å². The van der Waals surface area contributed by atoms with Crippen molar-refractivity contribution in [2.24, 2.45) is 28.1 Å². The van der Waals surface area contributed by atoms with Crippen LogP contribution in [0.15, 0.2) is 35.3 Å². The van der Waals surface area contributed by atoms with Crippen LogP contribution in [0, 0.1) is 5.92 Å². The number of hydrogen-bond donors (Lipinski definition) is 10. The van der Waals surface area contributed by atoms with E-state index in [1.54, 1.807) is 30.3 Å². The van der Waals surface area contributed by atoms with Crippen molar-refractivity contribution in [1.82, 2.24) is 36.0 Å². The maximum atomic E-state index is 13.8. The van der Waals surface area contributed by atoms with Crippen molar-refractivity contribution < 1.29 is 58.5 Å². The van der Waals surface area contributed by atoms with Gasteiger partial charge in [0.1, 0.15) is 36.3 Å². The third-order valence-corrected chi connectivity index (χ3v) is 11.3. The van der Waals surface area contributed by atoms with Crippen LogP contribution < -0.4 is 38.5 Å². The van der Waals surface area contributed by atoms with Gasteiger partial charge in [-0.25, -0.2) is 4.79 Å². The first-order valence-electron chi connectivity index (χ1n) is 22.2. The molecular weight excluding hydrogens is 863 g/mol. The molecule has 66 heavy (non-hydrogen) atoms. The summed E-state index contributed by atoms with van der Waals surface area (Å²) < 4.78 is 0. The van der Waals surface area contributed by atoms with Crippen LogP contribution in [-0.4, -0.2) is 171 Å². The van der Waals surface area contributed by atoms with Crippen molar-refractivity contribution in [3.05, 3.63) is 35.9 Å². The standard InChI is InChI=1S/C41H63N11O10.C2H4O2/c1-24(2)20-28(40(61)62)48-36(57)31-14-8-17-50(31)38(59)29(23-53)49-34(55)27(21-25-10-4-3-5-11-25)47-33(54)22-46-35(56)30-13-7-18-51(30)39(60)32-15-9-19-52(32)37(58)26(42)12-6-16-45-41(43)44;1-2(3)4/h3-5,10-11,24,26-32,53H,6-9,12-23,42H2,1-2H3,(H,46,56)(H,47,54)(H,48,57)(H,49,55)(H,61,62)(H4,43,44,45);1H3,(H,3,4)/t26-,27-,28-,29-,30-,31-,32-;/m0./s1. The summed E-state index contributed by atoms with van der Waals surface area (Å²) in [6.07, 6.45) is 3.46. The molecular formula is C43H67N11O12. The molecule has 23 nitrogen and oxygen atoms in total. The van der Waals surface area contributed by atoms with Crippen LogP contribution in [-0.2, 0) is 49.6 Å². The summed E-state index contributed by atoms with van der Waals surface area (Å²) in [6, 6.07) is 1.20. The number of carbonyl (C=O) groups excluding carboxylic acids is 7. The molecule has 4 rings (SSSR count). The minimum atomic E-state index is -1.50. The van der Waals surface area contributed by atoms with Crippen molar-refractivity contribution in [1.29, 1.82) is 0 Å². The first-order valence-corrected chi connectivity index (χ1v) is 22.2. The van der Waals surface area contributed by atoms with Crippen LogP contribution in [0.4, 0.5) is 0 Å². The first-order chi connectivity index (χ1) is 31.2. The molecule has 0 unspecified atom stereocenters. The number of aliphatic hydroxyl groups is 1. The number of likely N-dealkylation sites (tertiary alicyclic amines) is 3. The molecule has 0 saturated carbocycles. The average Bonchev–Trinajstić information content (AvgIpc) is 4.07. The fourth-order valence-electron chi connectivity index (χ4n) is 8.15. The zero-order chi connectivity index (χ0) is 49.1. The number of benzene rings is 1. The quantitative estimate of drug-likeness (QED) is 0.0343. The highest BCUT2D eigenvalue weighted by Crippen LogP contribution is 2.26. The number of carboxylic acid groups (broad SMARTS) is 2. The number of hydrogen-bond acceptors (Lipinski definition) is 12. The highest BCUT2D eigenvalue weighted by Gasteiger charge is 2.43. The van der Waals surface area contributed by atoms with E-state index < -0.39 is 96.9 Å². The van der Waals surface area contributed by atoms with E-state index in [1.807, 2.05) is 13.8 Å². The van der Waals surface area contributed by atoms with Gasteiger partial charge < -0.3 is 68.5 Å². The van der Waals surface area contributed by atoms with Crippen LogP contribution in [0.25, 0.3) is 0 Å². The molecule has 23 heteroatoms. The van der Waals surface area contributed by atoms with Gasteiger partial charge in [-0.05, 0) is 69.3 Å². The molecule has 0 spiro atoms. The zero-order valence-electron chi connectivity index (χ0n) is 37.9. The second kappa shape index (κ2) is 26.6. The maximum absolute atomic E-state index is 13.8. The van der Waals surface area contributed by atoms with Gasteiger partial charge >= 0.3 is 5.97 Å². The number of aliphatic hydroxyl groups excluding tert-OH is 1. The maximum Gasteiger partial charge on any atom is 0.326 e.